The van der Waals surface area contributed by atoms with Gasteiger partial charge in [0.25, 0.3) is 0 Å². The lowest BCUT2D eigenvalue weighted by Gasteiger charge is -2.39. The van der Waals surface area contributed by atoms with E-state index in [0.717, 1.165) is 45.6 Å². The second-order valence-electron chi connectivity index (χ2n) is 11.8. The molecule has 0 bridgehead atoms. The van der Waals surface area contributed by atoms with E-state index in [-0.39, 0.29) is 12.1 Å². The van der Waals surface area contributed by atoms with Gasteiger partial charge in [0, 0.05) is 44.8 Å². The molecule has 7 nitrogen and oxygen atoms in total. The number of nitrogens with zero attached hydrogens (tertiary/aromatic N) is 4. The second-order valence-corrected chi connectivity index (χ2v) is 14.8. The van der Waals surface area contributed by atoms with Crippen LogP contribution in [-0.4, -0.2) is 63.2 Å². The molecular formula is C34H39N4O3PS2. The number of para-hydroxylation sites is 4. The van der Waals surface area contributed by atoms with Gasteiger partial charge < -0.3 is 28.6 Å². The number of benzene rings is 4. The van der Waals surface area contributed by atoms with E-state index >= 15 is 0 Å². The highest BCUT2D eigenvalue weighted by molar-refractivity contribution is 8.00. The van der Waals surface area contributed by atoms with Crippen molar-refractivity contribution in [1.29, 1.82) is 0 Å². The van der Waals surface area contributed by atoms with Crippen molar-refractivity contribution in [3.05, 3.63) is 84.9 Å². The molecule has 0 aromatic heterocycles. The number of likely N-dealkylation sites (N-methyl/N-ethyl adjacent to an activating group) is 2. The third-order valence-corrected chi connectivity index (χ3v) is 10.6. The Balaban J connectivity index is 1.34. The molecule has 0 N–H and O–H groups in total. The molecule has 0 spiro atoms. The SMILES string of the molecule is CC(CN(C)C)N1c2ccccc2Sc2cccc(O[PH](=O)Oc3cccc4c3N(C(C)CN(C)C)c3ccccc3S4)c21. The van der Waals surface area contributed by atoms with E-state index in [2.05, 4.69) is 122 Å². The number of fused-ring (bicyclic) bond motifs is 4. The van der Waals surface area contributed by atoms with Crippen molar-refractivity contribution < 1.29 is 13.6 Å². The van der Waals surface area contributed by atoms with Gasteiger partial charge in [-0.25, -0.2) is 4.57 Å². The first kappa shape index (κ1) is 30.9. The fourth-order valence-electron chi connectivity index (χ4n) is 6.11. The number of rotatable bonds is 10. The maximum absolute atomic E-state index is 13.8. The molecule has 0 fully saturated rings. The van der Waals surface area contributed by atoms with Crippen LogP contribution in [0.3, 0.4) is 0 Å². The van der Waals surface area contributed by atoms with E-state index in [1.807, 2.05) is 24.3 Å². The lowest BCUT2D eigenvalue weighted by atomic mass is 10.1. The molecule has 0 aliphatic carbocycles. The summed E-state index contributed by atoms with van der Waals surface area (Å²) in [6.45, 7) is 6.10. The molecular weight excluding hydrogens is 608 g/mol. The molecule has 4 aromatic rings. The predicted molar refractivity (Wildman–Crippen MR) is 185 cm³/mol. The summed E-state index contributed by atoms with van der Waals surface area (Å²) in [5, 5.41) is 0. The molecule has 10 heteroatoms. The van der Waals surface area contributed by atoms with Gasteiger partial charge in [-0.1, -0.05) is 59.9 Å². The second kappa shape index (κ2) is 13.1. The molecule has 0 saturated heterocycles. The zero-order chi connectivity index (χ0) is 31.0. The molecule has 0 saturated carbocycles. The molecule has 4 aromatic carbocycles. The van der Waals surface area contributed by atoms with E-state index in [1.165, 1.54) is 9.79 Å². The molecule has 2 aliphatic heterocycles. The van der Waals surface area contributed by atoms with E-state index < -0.39 is 8.25 Å². The quantitative estimate of drug-likeness (QED) is 0.158. The van der Waals surface area contributed by atoms with Gasteiger partial charge in [0.05, 0.1) is 22.7 Å². The topological polar surface area (TPSA) is 48.5 Å². The zero-order valence-electron chi connectivity index (χ0n) is 26.0. The molecule has 0 amide bonds. The summed E-state index contributed by atoms with van der Waals surface area (Å²) in [6, 6.07) is 29.0. The van der Waals surface area contributed by atoms with E-state index in [1.54, 1.807) is 23.5 Å². The Labute approximate surface area is 270 Å². The van der Waals surface area contributed by atoms with Crippen molar-refractivity contribution in [1.82, 2.24) is 9.80 Å². The Morgan fingerprint density at radius 2 is 1.00 bits per heavy atom. The molecule has 2 aliphatic rings. The Kier molecular flexibility index (Phi) is 9.22. The standard InChI is InChI=1S/C34H39N4O3PS2/c1-23(21-35(3)4)37-25-13-7-9-17-29(25)43-31-19-11-15-27(33(31)37)40-42(39)41-28-16-12-20-32-34(28)38(24(2)22-36(5)6)26-14-8-10-18-30(26)44-32/h7-20,23-24,42H,21-22H2,1-6H3. The van der Waals surface area contributed by atoms with Crippen molar-refractivity contribution in [3.8, 4) is 11.5 Å². The summed E-state index contributed by atoms with van der Waals surface area (Å²) in [5.41, 5.74) is 4.09. The van der Waals surface area contributed by atoms with E-state index in [0.29, 0.717) is 11.5 Å². The highest BCUT2D eigenvalue weighted by atomic mass is 32.2. The maximum atomic E-state index is 13.8. The maximum Gasteiger partial charge on any atom is 0.419 e. The molecule has 2 atom stereocenters. The average molecular weight is 647 g/mol. The first-order chi connectivity index (χ1) is 21.2. The van der Waals surface area contributed by atoms with Crippen LogP contribution in [0.1, 0.15) is 13.8 Å². The fraction of sp³-hybridized carbons (Fsp3) is 0.294. The number of anilines is 4. The summed E-state index contributed by atoms with van der Waals surface area (Å²) < 4.78 is 26.3. The van der Waals surface area contributed by atoms with Gasteiger partial charge >= 0.3 is 8.25 Å². The van der Waals surface area contributed by atoms with Crippen molar-refractivity contribution in [2.75, 3.05) is 51.1 Å². The molecule has 0 radical (unpaired) electrons. The van der Waals surface area contributed by atoms with Crippen LogP contribution in [0.2, 0.25) is 0 Å². The molecule has 2 heterocycles. The molecule has 230 valence electrons. The smallest absolute Gasteiger partial charge is 0.416 e. The van der Waals surface area contributed by atoms with Crippen LogP contribution >= 0.6 is 31.8 Å². The normalized spacial score (nSPS) is 15.6. The van der Waals surface area contributed by atoms with Crippen LogP contribution < -0.4 is 18.8 Å². The Morgan fingerprint density at radius 1 is 0.614 bits per heavy atom. The Bertz CT molecular complexity index is 1560. The summed E-state index contributed by atoms with van der Waals surface area (Å²) in [7, 11) is 5.32. The van der Waals surface area contributed by atoms with E-state index in [4.69, 9.17) is 9.05 Å². The predicted octanol–water partition coefficient (Wildman–Crippen LogP) is 8.64. The van der Waals surface area contributed by atoms with Gasteiger partial charge in [-0.05, 0) is 90.6 Å². The van der Waals surface area contributed by atoms with Gasteiger partial charge in [-0.2, -0.15) is 0 Å². The van der Waals surface area contributed by atoms with Crippen molar-refractivity contribution >= 4 is 54.5 Å². The molecule has 6 rings (SSSR count). The summed E-state index contributed by atoms with van der Waals surface area (Å²) in [5.74, 6) is 1.11. The van der Waals surface area contributed by atoms with Crippen LogP contribution in [0.5, 0.6) is 11.5 Å². The summed E-state index contributed by atoms with van der Waals surface area (Å²) >= 11 is 3.42. The van der Waals surface area contributed by atoms with Crippen molar-refractivity contribution in [2.45, 2.75) is 45.5 Å². The van der Waals surface area contributed by atoms with Crippen LogP contribution in [-0.2, 0) is 4.57 Å². The van der Waals surface area contributed by atoms with Gasteiger partial charge in [0.1, 0.15) is 0 Å². The van der Waals surface area contributed by atoms with Crippen LogP contribution in [0.4, 0.5) is 22.7 Å². The van der Waals surface area contributed by atoms with Gasteiger partial charge in [0.2, 0.25) is 0 Å². The van der Waals surface area contributed by atoms with E-state index in [9.17, 15) is 4.57 Å². The molecule has 2 unspecified atom stereocenters. The monoisotopic (exact) mass is 646 g/mol. The van der Waals surface area contributed by atoms with Gasteiger partial charge in [-0.3, -0.25) is 0 Å². The average Bonchev–Trinajstić information content (AvgIpc) is 2.98. The minimum absolute atomic E-state index is 0.142. The lowest BCUT2D eigenvalue weighted by Crippen LogP contribution is -2.38. The van der Waals surface area contributed by atoms with Crippen molar-refractivity contribution in [2.24, 2.45) is 0 Å². The molecule has 44 heavy (non-hydrogen) atoms. The lowest BCUT2D eigenvalue weighted by molar-refractivity contribution is 0.376. The summed E-state index contributed by atoms with van der Waals surface area (Å²) in [4.78, 5) is 13.5. The largest absolute Gasteiger partial charge is 0.419 e. The minimum Gasteiger partial charge on any atom is -0.416 e. The van der Waals surface area contributed by atoms with Gasteiger partial charge in [-0.15, -0.1) is 0 Å². The first-order valence-corrected chi connectivity index (χ1v) is 17.6. The van der Waals surface area contributed by atoms with Crippen LogP contribution in [0, 0.1) is 0 Å². The highest BCUT2D eigenvalue weighted by Gasteiger charge is 2.33. The zero-order valence-corrected chi connectivity index (χ0v) is 28.6. The Hall–Kier alpha value is -3.07. The number of hydrogen-bond acceptors (Lipinski definition) is 9. The van der Waals surface area contributed by atoms with Crippen LogP contribution in [0.15, 0.2) is 105 Å². The fourth-order valence-corrected chi connectivity index (χ4v) is 9.03. The minimum atomic E-state index is -3.00. The third kappa shape index (κ3) is 6.22. The third-order valence-electron chi connectivity index (χ3n) is 7.62. The number of hydrogen-bond donors (Lipinski definition) is 0. The summed E-state index contributed by atoms with van der Waals surface area (Å²) in [6.07, 6.45) is 0. The van der Waals surface area contributed by atoms with Gasteiger partial charge in [0.15, 0.2) is 11.5 Å². The first-order valence-electron chi connectivity index (χ1n) is 14.8. The van der Waals surface area contributed by atoms with Crippen molar-refractivity contribution in [3.63, 3.8) is 0 Å². The van der Waals surface area contributed by atoms with Crippen LogP contribution in [0.25, 0.3) is 0 Å². The Morgan fingerprint density at radius 3 is 1.41 bits per heavy atom. The highest BCUT2D eigenvalue weighted by Crippen LogP contribution is 2.56.